The van der Waals surface area contributed by atoms with Crippen LogP contribution in [0.15, 0.2) is 53.7 Å². The number of carbonyl (C=O) groups is 1. The molecule has 1 aliphatic heterocycles. The fourth-order valence-electron chi connectivity index (χ4n) is 2.11. The van der Waals surface area contributed by atoms with Gasteiger partial charge in [-0.2, -0.15) is 5.01 Å². The number of para-hydroxylation sites is 1. The average molecular weight is 401 g/mol. The smallest absolute Gasteiger partial charge is 0.282 e. The molecule has 0 saturated heterocycles. The zero-order chi connectivity index (χ0) is 17.4. The van der Waals surface area contributed by atoms with E-state index in [0.717, 1.165) is 5.01 Å². The summed E-state index contributed by atoms with van der Waals surface area (Å²) >= 11 is 24.3. The second-order valence-electron chi connectivity index (χ2n) is 4.87. The number of rotatable bonds is 2. The van der Waals surface area contributed by atoms with Crippen LogP contribution < -0.4 is 10.3 Å². The van der Waals surface area contributed by atoms with E-state index in [1.807, 2.05) is 0 Å². The molecular formula is C16H9Cl4N3O. The number of nitrogens with one attached hydrogen (secondary N) is 1. The molecule has 122 valence electrons. The van der Waals surface area contributed by atoms with Gasteiger partial charge in [0, 0.05) is 5.02 Å². The SMILES string of the molecule is C=C1C(=O)N(c2c(Cl)cc(Cl)cc2Cl)N=C1Nc1ccccc1Cl. The van der Waals surface area contributed by atoms with Crippen LogP contribution in [0.25, 0.3) is 0 Å². The molecule has 1 aliphatic rings. The summed E-state index contributed by atoms with van der Waals surface area (Å²) in [6, 6.07) is 10.0. The second-order valence-corrected chi connectivity index (χ2v) is 6.53. The number of halogens is 4. The Morgan fingerprint density at radius 2 is 1.62 bits per heavy atom. The van der Waals surface area contributed by atoms with Crippen LogP contribution in [0, 0.1) is 0 Å². The molecule has 0 unspecified atom stereocenters. The zero-order valence-corrected chi connectivity index (χ0v) is 15.0. The summed E-state index contributed by atoms with van der Waals surface area (Å²) in [5.41, 5.74) is 1.00. The highest BCUT2D eigenvalue weighted by Gasteiger charge is 2.32. The molecule has 0 bridgehead atoms. The number of hydrogen-bond acceptors (Lipinski definition) is 3. The van der Waals surface area contributed by atoms with Gasteiger partial charge in [0.15, 0.2) is 5.84 Å². The molecule has 1 heterocycles. The van der Waals surface area contributed by atoms with Gasteiger partial charge in [0.1, 0.15) is 5.69 Å². The molecule has 0 aliphatic carbocycles. The van der Waals surface area contributed by atoms with Gasteiger partial charge in [-0.05, 0) is 24.3 Å². The van der Waals surface area contributed by atoms with Crippen LogP contribution in [0.2, 0.25) is 20.1 Å². The fourth-order valence-corrected chi connectivity index (χ4v) is 3.27. The summed E-state index contributed by atoms with van der Waals surface area (Å²) in [5, 5.41) is 9.55. The first-order valence-corrected chi connectivity index (χ1v) is 8.18. The summed E-state index contributed by atoms with van der Waals surface area (Å²) in [4.78, 5) is 12.5. The zero-order valence-electron chi connectivity index (χ0n) is 12.0. The summed E-state index contributed by atoms with van der Waals surface area (Å²) in [5.74, 6) is -0.189. The lowest BCUT2D eigenvalue weighted by molar-refractivity contribution is -0.114. The number of amides is 1. The molecule has 24 heavy (non-hydrogen) atoms. The highest BCUT2D eigenvalue weighted by Crippen LogP contribution is 2.39. The van der Waals surface area contributed by atoms with Gasteiger partial charge in [0.25, 0.3) is 5.91 Å². The van der Waals surface area contributed by atoms with E-state index in [0.29, 0.717) is 15.7 Å². The monoisotopic (exact) mass is 399 g/mol. The Balaban J connectivity index is 2.00. The van der Waals surface area contributed by atoms with E-state index >= 15 is 0 Å². The largest absolute Gasteiger partial charge is 0.337 e. The highest BCUT2D eigenvalue weighted by atomic mass is 35.5. The van der Waals surface area contributed by atoms with Gasteiger partial charge in [-0.3, -0.25) is 4.79 Å². The number of hydrogen-bond donors (Lipinski definition) is 1. The first-order valence-electron chi connectivity index (χ1n) is 6.67. The van der Waals surface area contributed by atoms with Crippen LogP contribution in [0.4, 0.5) is 11.4 Å². The van der Waals surface area contributed by atoms with Gasteiger partial charge < -0.3 is 5.32 Å². The van der Waals surface area contributed by atoms with Gasteiger partial charge in [-0.15, -0.1) is 5.10 Å². The maximum Gasteiger partial charge on any atom is 0.282 e. The Bertz CT molecular complexity index is 872. The van der Waals surface area contributed by atoms with Crippen molar-refractivity contribution in [2.24, 2.45) is 5.10 Å². The number of carbonyl (C=O) groups excluding carboxylic acids is 1. The third-order valence-electron chi connectivity index (χ3n) is 3.26. The Morgan fingerprint density at radius 1 is 1.00 bits per heavy atom. The van der Waals surface area contributed by atoms with Gasteiger partial charge in [-0.1, -0.05) is 65.1 Å². The lowest BCUT2D eigenvalue weighted by Crippen LogP contribution is -2.22. The molecule has 0 saturated carbocycles. The number of benzene rings is 2. The minimum Gasteiger partial charge on any atom is -0.337 e. The van der Waals surface area contributed by atoms with Crippen molar-refractivity contribution in [2.45, 2.75) is 0 Å². The number of nitrogens with zero attached hydrogens (tertiary/aromatic N) is 2. The van der Waals surface area contributed by atoms with Crippen molar-refractivity contribution in [3.05, 3.63) is 68.6 Å². The van der Waals surface area contributed by atoms with Gasteiger partial charge in [0.05, 0.1) is 26.3 Å². The molecule has 0 fully saturated rings. The van der Waals surface area contributed by atoms with E-state index in [2.05, 4.69) is 17.0 Å². The van der Waals surface area contributed by atoms with Crippen molar-refractivity contribution in [1.82, 2.24) is 0 Å². The maximum absolute atomic E-state index is 12.5. The maximum atomic E-state index is 12.5. The molecular weight excluding hydrogens is 392 g/mol. The van der Waals surface area contributed by atoms with Crippen LogP contribution in [0.1, 0.15) is 0 Å². The van der Waals surface area contributed by atoms with Crippen LogP contribution in [-0.4, -0.2) is 11.7 Å². The first kappa shape index (κ1) is 17.1. The minimum absolute atomic E-state index is 0.164. The molecule has 3 rings (SSSR count). The fraction of sp³-hybridized carbons (Fsp3) is 0. The molecule has 1 amide bonds. The Morgan fingerprint density at radius 3 is 2.25 bits per heavy atom. The standard InChI is InChI=1S/C16H9Cl4N3O/c1-8-15(21-13-5-3-2-4-10(13)18)22-23(16(8)24)14-11(19)6-9(17)7-12(14)20/h2-7H,1H2,(H,21,22). The molecule has 2 aromatic rings. The summed E-state index contributed by atoms with van der Waals surface area (Å²) in [7, 11) is 0. The first-order chi connectivity index (χ1) is 11.4. The van der Waals surface area contributed by atoms with Crippen LogP contribution >= 0.6 is 46.4 Å². The molecule has 0 radical (unpaired) electrons. The van der Waals surface area contributed by atoms with Crippen molar-refractivity contribution in [3.8, 4) is 0 Å². The molecule has 0 atom stereocenters. The predicted molar refractivity (Wildman–Crippen MR) is 101 cm³/mol. The third-order valence-corrected chi connectivity index (χ3v) is 4.38. The molecule has 8 heteroatoms. The molecule has 1 N–H and O–H groups in total. The van der Waals surface area contributed by atoms with E-state index in [9.17, 15) is 4.79 Å². The van der Waals surface area contributed by atoms with Crippen molar-refractivity contribution < 1.29 is 4.79 Å². The lowest BCUT2D eigenvalue weighted by Gasteiger charge is -2.15. The van der Waals surface area contributed by atoms with Crippen molar-refractivity contribution in [2.75, 3.05) is 10.3 Å². The van der Waals surface area contributed by atoms with Crippen molar-refractivity contribution >= 4 is 69.5 Å². The van der Waals surface area contributed by atoms with Crippen LogP contribution in [-0.2, 0) is 4.79 Å². The number of amidine groups is 1. The number of anilines is 2. The third kappa shape index (κ3) is 3.10. The van der Waals surface area contributed by atoms with Crippen LogP contribution in [0.5, 0.6) is 0 Å². The quantitative estimate of drug-likeness (QED) is 0.664. The normalized spacial score (nSPS) is 14.2. The van der Waals surface area contributed by atoms with Gasteiger partial charge in [0.2, 0.25) is 0 Å². The molecule has 2 aromatic carbocycles. The van der Waals surface area contributed by atoms with E-state index in [1.165, 1.54) is 12.1 Å². The average Bonchev–Trinajstić information content (AvgIpc) is 2.77. The summed E-state index contributed by atoms with van der Waals surface area (Å²) in [6.07, 6.45) is 0. The van der Waals surface area contributed by atoms with Crippen LogP contribution in [0.3, 0.4) is 0 Å². The second kappa shape index (κ2) is 6.65. The molecule has 4 nitrogen and oxygen atoms in total. The van der Waals surface area contributed by atoms with Crippen molar-refractivity contribution in [1.29, 1.82) is 0 Å². The van der Waals surface area contributed by atoms with Gasteiger partial charge >= 0.3 is 0 Å². The summed E-state index contributed by atoms with van der Waals surface area (Å²) in [6.45, 7) is 3.76. The highest BCUT2D eigenvalue weighted by molar-refractivity contribution is 6.44. The Labute approximate surface area is 158 Å². The Kier molecular flexibility index (Phi) is 4.74. The lowest BCUT2D eigenvalue weighted by atomic mass is 10.2. The van der Waals surface area contributed by atoms with E-state index in [1.54, 1.807) is 24.3 Å². The van der Waals surface area contributed by atoms with Crippen molar-refractivity contribution in [3.63, 3.8) is 0 Å². The molecule has 0 aromatic heterocycles. The van der Waals surface area contributed by atoms with E-state index < -0.39 is 5.91 Å². The number of hydrazone groups is 1. The topological polar surface area (TPSA) is 44.7 Å². The van der Waals surface area contributed by atoms with Gasteiger partial charge in [-0.25, -0.2) is 0 Å². The summed E-state index contributed by atoms with van der Waals surface area (Å²) < 4.78 is 0. The Hall–Kier alpha value is -1.72. The van der Waals surface area contributed by atoms with E-state index in [-0.39, 0.29) is 27.1 Å². The molecule has 0 spiro atoms. The predicted octanol–water partition coefficient (Wildman–Crippen LogP) is 5.63. The minimum atomic E-state index is -0.448. The van der Waals surface area contributed by atoms with E-state index in [4.69, 9.17) is 46.4 Å².